The number of alkyl carbamates (subject to hydrolysis) is 1. The molecule has 49 heavy (non-hydrogen) atoms. The largest absolute Gasteiger partial charge is 0.453 e. The number of sulfonamides is 1. The minimum absolute atomic E-state index is 0.0822. The number of rotatable bonds is 11. The molecule has 4 aromatic rings. The molecular weight excluding hydrogens is 674 g/mol. The van der Waals surface area contributed by atoms with Crippen LogP contribution in [0.25, 0.3) is 0 Å². The third-order valence-electron chi connectivity index (χ3n) is 8.53. The van der Waals surface area contributed by atoms with Gasteiger partial charge in [-0.1, -0.05) is 60.1 Å². The number of piperazine rings is 1. The van der Waals surface area contributed by atoms with Gasteiger partial charge in [-0.3, -0.25) is 4.79 Å². The Morgan fingerprint density at radius 3 is 2.35 bits per heavy atom. The van der Waals surface area contributed by atoms with E-state index in [1.165, 1.54) is 40.7 Å². The molecule has 1 saturated heterocycles. The van der Waals surface area contributed by atoms with Crippen LogP contribution < -0.4 is 16.0 Å². The van der Waals surface area contributed by atoms with Crippen molar-refractivity contribution in [3.05, 3.63) is 130 Å². The summed E-state index contributed by atoms with van der Waals surface area (Å²) in [5.74, 6) is -2.81. The molecule has 0 spiro atoms. The summed E-state index contributed by atoms with van der Waals surface area (Å²) >= 11 is 6.30. The third-order valence-corrected chi connectivity index (χ3v) is 10.8. The second kappa shape index (κ2) is 15.9. The highest BCUT2D eigenvalue weighted by Gasteiger charge is 2.38. The van der Waals surface area contributed by atoms with Crippen LogP contribution in [0.15, 0.2) is 102 Å². The maximum atomic E-state index is 15.5. The van der Waals surface area contributed by atoms with Crippen molar-refractivity contribution >= 4 is 39.3 Å². The molecule has 0 unspecified atom stereocenters. The number of halogens is 3. The lowest BCUT2D eigenvalue weighted by atomic mass is 9.84. The number of hydrogen-bond donors (Lipinski definition) is 3. The number of carbonyl (C=O) groups is 2. The molecule has 0 bridgehead atoms. The molecule has 0 saturated carbocycles. The molecule has 2 amide bonds. The molecule has 9 nitrogen and oxygen atoms in total. The number of nitrogens with zero attached hydrogens (tertiary/aromatic N) is 1. The third kappa shape index (κ3) is 8.45. The monoisotopic (exact) mass is 710 g/mol. The van der Waals surface area contributed by atoms with Crippen LogP contribution in [0.5, 0.6) is 0 Å². The average Bonchev–Trinajstić information content (AvgIpc) is 3.08. The Morgan fingerprint density at radius 2 is 1.65 bits per heavy atom. The second-order valence-electron chi connectivity index (χ2n) is 11.8. The molecule has 1 aliphatic rings. The van der Waals surface area contributed by atoms with Crippen LogP contribution in [0.1, 0.15) is 36.0 Å². The molecule has 0 radical (unpaired) electrons. The smallest absolute Gasteiger partial charge is 0.407 e. The fourth-order valence-corrected chi connectivity index (χ4v) is 8.35. The lowest BCUT2D eigenvalue weighted by Crippen LogP contribution is -2.58. The zero-order valence-corrected chi connectivity index (χ0v) is 28.5. The summed E-state index contributed by atoms with van der Waals surface area (Å²) in [6.45, 7) is 2.63. The van der Waals surface area contributed by atoms with E-state index in [4.69, 9.17) is 16.3 Å². The van der Waals surface area contributed by atoms with Gasteiger partial charge in [-0.05, 0) is 79.4 Å². The Bertz CT molecular complexity index is 1850. The van der Waals surface area contributed by atoms with Crippen molar-refractivity contribution in [3.63, 3.8) is 0 Å². The van der Waals surface area contributed by atoms with E-state index >= 15 is 4.39 Å². The number of benzene rings is 4. The zero-order valence-electron chi connectivity index (χ0n) is 26.9. The van der Waals surface area contributed by atoms with Crippen molar-refractivity contribution in [2.75, 3.05) is 25.5 Å². The first-order valence-electron chi connectivity index (χ1n) is 15.7. The quantitative estimate of drug-likeness (QED) is 0.173. The van der Waals surface area contributed by atoms with Gasteiger partial charge >= 0.3 is 6.09 Å². The molecule has 3 N–H and O–H groups in total. The Morgan fingerprint density at radius 1 is 0.959 bits per heavy atom. The SMILES string of the molecule is COC(=O)N[C@H](C(=O)Nc1cccc(F)c1CC[C@H]1CNC[C@H](C)N1S(=O)(=O)c1ccccc1)[C@H](c1cccc(F)c1)c1cccc(Cl)c1. The van der Waals surface area contributed by atoms with E-state index in [9.17, 15) is 22.4 Å². The number of nitrogens with one attached hydrogen (secondary N) is 3. The maximum Gasteiger partial charge on any atom is 0.407 e. The first-order valence-corrected chi connectivity index (χ1v) is 17.5. The number of hydrogen-bond acceptors (Lipinski definition) is 6. The van der Waals surface area contributed by atoms with Gasteiger partial charge in [0.25, 0.3) is 0 Å². The number of amides is 2. The number of carbonyl (C=O) groups excluding carboxylic acids is 2. The lowest BCUT2D eigenvalue weighted by Gasteiger charge is -2.40. The van der Waals surface area contributed by atoms with Gasteiger partial charge in [0.05, 0.1) is 12.0 Å². The van der Waals surface area contributed by atoms with E-state index in [0.717, 1.165) is 7.11 Å². The van der Waals surface area contributed by atoms with Crippen LogP contribution >= 0.6 is 11.6 Å². The molecule has 1 fully saturated rings. The van der Waals surface area contributed by atoms with Gasteiger partial charge in [-0.15, -0.1) is 0 Å². The average molecular weight is 711 g/mol. The van der Waals surface area contributed by atoms with Gasteiger partial charge in [-0.25, -0.2) is 22.0 Å². The maximum absolute atomic E-state index is 15.5. The Labute approximate surface area is 289 Å². The molecule has 4 aromatic carbocycles. The van der Waals surface area contributed by atoms with Crippen LogP contribution in [-0.4, -0.2) is 63.0 Å². The fourth-order valence-electron chi connectivity index (χ4n) is 6.29. The summed E-state index contributed by atoms with van der Waals surface area (Å²) < 4.78 is 63.8. The first kappa shape index (κ1) is 35.9. The van der Waals surface area contributed by atoms with Crippen molar-refractivity contribution in [1.29, 1.82) is 0 Å². The number of ether oxygens (including phenoxy) is 1. The molecule has 0 aromatic heterocycles. The van der Waals surface area contributed by atoms with E-state index in [2.05, 4.69) is 16.0 Å². The van der Waals surface area contributed by atoms with Crippen molar-refractivity contribution in [1.82, 2.24) is 14.9 Å². The van der Waals surface area contributed by atoms with Crippen LogP contribution in [0, 0.1) is 11.6 Å². The predicted octanol–water partition coefficient (Wildman–Crippen LogP) is 6.10. The molecule has 5 rings (SSSR count). The number of methoxy groups -OCH3 is 1. The van der Waals surface area contributed by atoms with Gasteiger partial charge in [-0.2, -0.15) is 4.31 Å². The number of anilines is 1. The second-order valence-corrected chi connectivity index (χ2v) is 14.1. The Kier molecular flexibility index (Phi) is 11.7. The molecule has 1 heterocycles. The van der Waals surface area contributed by atoms with Crippen molar-refractivity contribution in [2.45, 2.75) is 48.7 Å². The van der Waals surface area contributed by atoms with E-state index in [1.54, 1.807) is 60.7 Å². The van der Waals surface area contributed by atoms with Gasteiger partial charge in [0.2, 0.25) is 15.9 Å². The summed E-state index contributed by atoms with van der Waals surface area (Å²) in [4.78, 5) is 26.9. The van der Waals surface area contributed by atoms with Gasteiger partial charge in [0, 0.05) is 47.4 Å². The van der Waals surface area contributed by atoms with Crippen molar-refractivity contribution in [3.8, 4) is 0 Å². The summed E-state index contributed by atoms with van der Waals surface area (Å²) in [6, 6.07) is 22.4. The summed E-state index contributed by atoms with van der Waals surface area (Å²) in [5, 5.41) is 8.97. The fraction of sp³-hybridized carbons (Fsp3) is 0.278. The molecule has 4 atom stereocenters. The highest BCUT2D eigenvalue weighted by molar-refractivity contribution is 7.89. The first-order chi connectivity index (χ1) is 23.5. The van der Waals surface area contributed by atoms with E-state index in [0.29, 0.717) is 29.2 Å². The van der Waals surface area contributed by atoms with Crippen LogP contribution in [-0.2, 0) is 26.0 Å². The van der Waals surface area contributed by atoms with Crippen LogP contribution in [0.3, 0.4) is 0 Å². The van der Waals surface area contributed by atoms with E-state index in [-0.39, 0.29) is 35.0 Å². The van der Waals surface area contributed by atoms with Gasteiger partial charge < -0.3 is 20.7 Å². The summed E-state index contributed by atoms with van der Waals surface area (Å²) in [6.07, 6.45) is -0.591. The summed E-state index contributed by atoms with van der Waals surface area (Å²) in [7, 11) is -2.71. The molecule has 13 heteroatoms. The Hall–Kier alpha value is -4.36. The molecule has 1 aliphatic heterocycles. The molecule has 0 aliphatic carbocycles. The molecule has 258 valence electrons. The molecular formula is C36H37ClF2N4O5S. The van der Waals surface area contributed by atoms with Crippen molar-refractivity contribution < 1.29 is 31.5 Å². The highest BCUT2D eigenvalue weighted by Crippen LogP contribution is 2.33. The Balaban J connectivity index is 1.46. The topological polar surface area (TPSA) is 117 Å². The van der Waals surface area contributed by atoms with E-state index < -0.39 is 51.7 Å². The van der Waals surface area contributed by atoms with Crippen LogP contribution in [0.4, 0.5) is 19.3 Å². The van der Waals surface area contributed by atoms with E-state index in [1.807, 2.05) is 6.92 Å². The highest BCUT2D eigenvalue weighted by atomic mass is 35.5. The van der Waals surface area contributed by atoms with Gasteiger partial charge in [0.15, 0.2) is 0 Å². The lowest BCUT2D eigenvalue weighted by molar-refractivity contribution is -0.118. The normalized spacial score (nSPS) is 17.9. The van der Waals surface area contributed by atoms with Crippen LogP contribution in [0.2, 0.25) is 5.02 Å². The van der Waals surface area contributed by atoms with Crippen molar-refractivity contribution in [2.24, 2.45) is 0 Å². The predicted molar refractivity (Wildman–Crippen MR) is 184 cm³/mol. The zero-order chi connectivity index (χ0) is 35.1. The summed E-state index contributed by atoms with van der Waals surface area (Å²) in [5.41, 5.74) is 1.18. The minimum Gasteiger partial charge on any atom is -0.453 e. The van der Waals surface area contributed by atoms with Gasteiger partial charge in [0.1, 0.15) is 17.7 Å². The minimum atomic E-state index is -3.86. The standard InChI is InChI=1S/C36H37ClF2N4O5S/c1-23-21-40-22-28(43(23)49(46,47)29-13-4-3-5-14-29)17-18-30-31(39)15-8-16-32(30)41-35(44)34(42-36(45)48-2)33(24-9-6-11-26(37)19-24)25-10-7-12-27(38)20-25/h3-16,19-20,23,28,33-34,40H,17-18,21-22H2,1-2H3,(H,41,44)(H,42,45)/t23-,28-,33-,34-/m0/s1.